The molecule has 4 nitrogen and oxygen atoms in total. The Morgan fingerprint density at radius 2 is 2.00 bits per heavy atom. The second-order valence-corrected chi connectivity index (χ2v) is 7.78. The first-order valence-corrected chi connectivity index (χ1v) is 8.23. The Hall–Kier alpha value is -0.790. The lowest BCUT2D eigenvalue weighted by Crippen LogP contribution is -2.23. The highest BCUT2D eigenvalue weighted by Crippen LogP contribution is 2.34. The van der Waals surface area contributed by atoms with Gasteiger partial charge < -0.3 is 5.73 Å². The lowest BCUT2D eigenvalue weighted by atomic mass is 10.2. The van der Waals surface area contributed by atoms with Gasteiger partial charge in [0.1, 0.15) is 9.23 Å². The Labute approximate surface area is 125 Å². The van der Waals surface area contributed by atoms with Gasteiger partial charge in [-0.2, -0.15) is 0 Å². The van der Waals surface area contributed by atoms with Crippen molar-refractivity contribution in [2.45, 2.75) is 11.4 Å². The average Bonchev–Trinajstić information content (AvgIpc) is 2.67. The normalized spacial score (nSPS) is 11.7. The molecule has 0 saturated heterocycles. The van der Waals surface area contributed by atoms with E-state index in [2.05, 4.69) is 4.72 Å². The van der Waals surface area contributed by atoms with Crippen LogP contribution in [0.15, 0.2) is 35.2 Å². The fraction of sp³-hybridized carbons (Fsp3) is 0.0909. The molecule has 0 saturated carbocycles. The Morgan fingerprint density at radius 3 is 2.58 bits per heavy atom. The standard InChI is InChI=1S/C11H10Cl2N2O2S2/c12-10-5-9(11(13)18-10)19(16,17)15-6-7-2-1-3-8(14)4-7/h1-5,15H,6,14H2. The minimum absolute atomic E-state index is 0.00642. The van der Waals surface area contributed by atoms with Gasteiger partial charge in [-0.25, -0.2) is 13.1 Å². The molecule has 0 bridgehead atoms. The van der Waals surface area contributed by atoms with E-state index in [1.807, 2.05) is 0 Å². The van der Waals surface area contributed by atoms with Crippen molar-refractivity contribution in [1.29, 1.82) is 0 Å². The highest BCUT2D eigenvalue weighted by Gasteiger charge is 2.20. The Morgan fingerprint density at radius 1 is 1.26 bits per heavy atom. The fourth-order valence-corrected chi connectivity index (χ4v) is 4.63. The van der Waals surface area contributed by atoms with Crippen LogP contribution in [0.3, 0.4) is 0 Å². The molecule has 0 amide bonds. The molecular formula is C11H10Cl2N2O2S2. The summed E-state index contributed by atoms with van der Waals surface area (Å²) in [7, 11) is -3.68. The molecule has 2 aromatic rings. The zero-order chi connectivity index (χ0) is 14.0. The summed E-state index contributed by atoms with van der Waals surface area (Å²) in [6, 6.07) is 8.29. The van der Waals surface area contributed by atoms with Gasteiger partial charge in [0.15, 0.2) is 0 Å². The third kappa shape index (κ3) is 3.61. The van der Waals surface area contributed by atoms with E-state index in [-0.39, 0.29) is 15.8 Å². The number of hydrogen-bond donors (Lipinski definition) is 2. The zero-order valence-electron chi connectivity index (χ0n) is 9.56. The van der Waals surface area contributed by atoms with Crippen LogP contribution in [0, 0.1) is 0 Å². The predicted octanol–water partition coefficient (Wildman–Crippen LogP) is 3.12. The molecule has 2 rings (SSSR count). The van der Waals surface area contributed by atoms with Gasteiger partial charge in [0.05, 0.1) is 4.34 Å². The van der Waals surface area contributed by atoms with Gasteiger partial charge in [-0.15, -0.1) is 11.3 Å². The van der Waals surface area contributed by atoms with Crippen LogP contribution in [0.5, 0.6) is 0 Å². The molecule has 0 radical (unpaired) electrons. The summed E-state index contributed by atoms with van der Waals surface area (Å²) in [6.45, 7) is 0.136. The van der Waals surface area contributed by atoms with Crippen LogP contribution in [-0.2, 0) is 16.6 Å². The van der Waals surface area contributed by atoms with Crippen molar-refractivity contribution in [3.63, 3.8) is 0 Å². The highest BCUT2D eigenvalue weighted by molar-refractivity contribution is 7.89. The third-order valence-corrected chi connectivity index (χ3v) is 5.49. The number of halogens is 2. The Kier molecular flexibility index (Phi) is 4.37. The van der Waals surface area contributed by atoms with Crippen molar-refractivity contribution in [2.24, 2.45) is 0 Å². The number of nitrogen functional groups attached to an aromatic ring is 1. The maximum Gasteiger partial charge on any atom is 0.243 e. The van der Waals surface area contributed by atoms with Gasteiger partial charge in [0.25, 0.3) is 0 Å². The Balaban J connectivity index is 2.16. The summed E-state index contributed by atoms with van der Waals surface area (Å²) in [6.07, 6.45) is 0. The summed E-state index contributed by atoms with van der Waals surface area (Å²) in [5.74, 6) is 0. The molecule has 102 valence electrons. The van der Waals surface area contributed by atoms with Gasteiger partial charge in [-0.05, 0) is 23.8 Å². The second-order valence-electron chi connectivity index (χ2n) is 3.76. The van der Waals surface area contributed by atoms with Crippen LogP contribution in [-0.4, -0.2) is 8.42 Å². The van der Waals surface area contributed by atoms with Crippen LogP contribution in [0.4, 0.5) is 5.69 Å². The quantitative estimate of drug-likeness (QED) is 0.842. The summed E-state index contributed by atoms with van der Waals surface area (Å²) in [4.78, 5) is -0.00642. The van der Waals surface area contributed by atoms with Crippen molar-refractivity contribution < 1.29 is 8.42 Å². The van der Waals surface area contributed by atoms with Crippen molar-refractivity contribution in [3.05, 3.63) is 44.6 Å². The molecule has 8 heteroatoms. The van der Waals surface area contributed by atoms with E-state index in [0.29, 0.717) is 10.0 Å². The van der Waals surface area contributed by atoms with Crippen LogP contribution in [0.25, 0.3) is 0 Å². The molecular weight excluding hydrogens is 327 g/mol. The van der Waals surface area contributed by atoms with Crippen LogP contribution in [0.1, 0.15) is 5.56 Å². The van der Waals surface area contributed by atoms with E-state index in [4.69, 9.17) is 28.9 Å². The first kappa shape index (κ1) is 14.6. The van der Waals surface area contributed by atoms with Crippen molar-refractivity contribution in [1.82, 2.24) is 4.72 Å². The molecule has 0 atom stereocenters. The first-order valence-electron chi connectivity index (χ1n) is 5.17. The minimum Gasteiger partial charge on any atom is -0.399 e. The number of thiophene rings is 1. The molecule has 0 aliphatic carbocycles. The van der Waals surface area contributed by atoms with E-state index in [1.165, 1.54) is 6.07 Å². The second kappa shape index (κ2) is 5.68. The topological polar surface area (TPSA) is 72.2 Å². The average molecular weight is 337 g/mol. The van der Waals surface area contributed by atoms with Gasteiger partial charge in [0.2, 0.25) is 10.0 Å². The van der Waals surface area contributed by atoms with E-state index >= 15 is 0 Å². The predicted molar refractivity (Wildman–Crippen MR) is 79.2 cm³/mol. The van der Waals surface area contributed by atoms with E-state index in [0.717, 1.165) is 16.9 Å². The number of hydrogen-bond acceptors (Lipinski definition) is 4. The number of benzene rings is 1. The van der Waals surface area contributed by atoms with Gasteiger partial charge in [-0.3, -0.25) is 0 Å². The zero-order valence-corrected chi connectivity index (χ0v) is 12.7. The van der Waals surface area contributed by atoms with E-state index < -0.39 is 10.0 Å². The van der Waals surface area contributed by atoms with Crippen LogP contribution < -0.4 is 10.5 Å². The van der Waals surface area contributed by atoms with Gasteiger partial charge >= 0.3 is 0 Å². The van der Waals surface area contributed by atoms with Crippen molar-refractivity contribution in [2.75, 3.05) is 5.73 Å². The van der Waals surface area contributed by atoms with Gasteiger partial charge in [-0.1, -0.05) is 35.3 Å². The molecule has 0 aliphatic heterocycles. The maximum atomic E-state index is 12.0. The summed E-state index contributed by atoms with van der Waals surface area (Å²) in [5.41, 5.74) is 6.96. The molecule has 3 N–H and O–H groups in total. The minimum atomic E-state index is -3.68. The van der Waals surface area contributed by atoms with Gasteiger partial charge in [0, 0.05) is 12.2 Å². The molecule has 19 heavy (non-hydrogen) atoms. The SMILES string of the molecule is Nc1cccc(CNS(=O)(=O)c2cc(Cl)sc2Cl)c1. The largest absolute Gasteiger partial charge is 0.399 e. The summed E-state index contributed by atoms with van der Waals surface area (Å²) >= 11 is 12.6. The number of nitrogens with one attached hydrogen (secondary N) is 1. The third-order valence-electron chi connectivity index (χ3n) is 2.33. The lowest BCUT2D eigenvalue weighted by molar-refractivity contribution is 0.582. The highest BCUT2D eigenvalue weighted by atomic mass is 35.5. The molecule has 0 unspecified atom stereocenters. The van der Waals surface area contributed by atoms with Crippen molar-refractivity contribution in [3.8, 4) is 0 Å². The maximum absolute atomic E-state index is 12.0. The smallest absolute Gasteiger partial charge is 0.243 e. The van der Waals surface area contributed by atoms with Crippen molar-refractivity contribution >= 4 is 50.2 Å². The van der Waals surface area contributed by atoms with E-state index in [1.54, 1.807) is 24.3 Å². The molecule has 1 aromatic heterocycles. The molecule has 0 aliphatic rings. The molecule has 1 heterocycles. The summed E-state index contributed by atoms with van der Waals surface area (Å²) < 4.78 is 27.0. The molecule has 1 aromatic carbocycles. The van der Waals surface area contributed by atoms with Crippen LogP contribution >= 0.6 is 34.5 Å². The lowest BCUT2D eigenvalue weighted by Gasteiger charge is -2.06. The summed E-state index contributed by atoms with van der Waals surface area (Å²) in [5, 5.41) is 0. The molecule has 0 fully saturated rings. The monoisotopic (exact) mass is 336 g/mol. The fourth-order valence-electron chi connectivity index (χ4n) is 1.47. The van der Waals surface area contributed by atoms with E-state index in [9.17, 15) is 8.42 Å². The first-order chi connectivity index (χ1) is 8.88. The number of sulfonamides is 1. The number of anilines is 1. The molecule has 0 spiro atoms. The number of rotatable bonds is 4. The number of nitrogens with two attached hydrogens (primary N) is 1. The Bertz CT molecular complexity index is 698. The van der Waals surface area contributed by atoms with Crippen LogP contribution in [0.2, 0.25) is 8.67 Å².